The zero-order chi connectivity index (χ0) is 8.36. The fourth-order valence-electron chi connectivity index (χ4n) is 0.708. The minimum absolute atomic E-state index is 0.00926. The molecule has 0 aliphatic carbocycles. The number of hydrogen-bond donors (Lipinski definition) is 0. The Kier molecular flexibility index (Phi) is 2.59. The van der Waals surface area contributed by atoms with Gasteiger partial charge in [-0.15, -0.1) is 0 Å². The quantitative estimate of drug-likeness (QED) is 0.555. The summed E-state index contributed by atoms with van der Waals surface area (Å²) in [5.74, 6) is -0.463. The van der Waals surface area contributed by atoms with E-state index in [1.807, 2.05) is 26.8 Å². The molecule has 10 heavy (non-hydrogen) atoms. The molecule has 0 aliphatic rings. The van der Waals surface area contributed by atoms with Crippen LogP contribution in [0.15, 0.2) is 0 Å². The van der Waals surface area contributed by atoms with Crippen LogP contribution in [0.25, 0.3) is 0 Å². The molecular weight excluding hydrogens is 126 g/mol. The number of carbonyl (C=O) groups is 1. The fourth-order valence-corrected chi connectivity index (χ4v) is 0.708. The van der Waals surface area contributed by atoms with Gasteiger partial charge in [-0.05, 0) is 6.92 Å². The van der Waals surface area contributed by atoms with E-state index in [2.05, 4.69) is 0 Å². The fraction of sp³-hybridized carbons (Fsp3) is 0.750. The number of nitriles is 1. The second kappa shape index (κ2) is 2.83. The molecule has 0 aromatic carbocycles. The van der Waals surface area contributed by atoms with Crippen molar-refractivity contribution in [2.45, 2.75) is 27.7 Å². The summed E-state index contributed by atoms with van der Waals surface area (Å²) >= 11 is 0. The van der Waals surface area contributed by atoms with E-state index in [0.717, 1.165) is 0 Å². The van der Waals surface area contributed by atoms with Crippen molar-refractivity contribution in [3.8, 4) is 6.07 Å². The Labute approximate surface area is 61.8 Å². The van der Waals surface area contributed by atoms with Crippen LogP contribution in [0.1, 0.15) is 27.7 Å². The third-order valence-corrected chi connectivity index (χ3v) is 1.33. The molecule has 0 aliphatic heterocycles. The number of hydrogen-bond acceptors (Lipinski definition) is 2. The highest BCUT2D eigenvalue weighted by atomic mass is 16.1. The maximum Gasteiger partial charge on any atom is 0.154 e. The van der Waals surface area contributed by atoms with E-state index in [0.29, 0.717) is 0 Å². The highest BCUT2D eigenvalue weighted by Crippen LogP contribution is 2.19. The summed E-state index contributed by atoms with van der Waals surface area (Å²) in [7, 11) is 0. The van der Waals surface area contributed by atoms with Crippen molar-refractivity contribution in [1.82, 2.24) is 0 Å². The second-order valence-corrected chi connectivity index (χ2v) is 3.47. The molecule has 2 nitrogen and oxygen atoms in total. The van der Waals surface area contributed by atoms with Gasteiger partial charge in [0.1, 0.15) is 5.92 Å². The summed E-state index contributed by atoms with van der Waals surface area (Å²) < 4.78 is 0. The Morgan fingerprint density at radius 2 is 1.90 bits per heavy atom. The molecule has 0 spiro atoms. The van der Waals surface area contributed by atoms with Crippen LogP contribution < -0.4 is 0 Å². The molecule has 0 unspecified atom stereocenters. The van der Waals surface area contributed by atoms with Gasteiger partial charge in [0.2, 0.25) is 0 Å². The van der Waals surface area contributed by atoms with Crippen LogP contribution in [0.2, 0.25) is 0 Å². The zero-order valence-corrected chi connectivity index (χ0v) is 6.93. The lowest BCUT2D eigenvalue weighted by Gasteiger charge is -2.17. The lowest BCUT2D eigenvalue weighted by atomic mass is 9.84. The van der Waals surface area contributed by atoms with Crippen LogP contribution in [-0.4, -0.2) is 5.78 Å². The first-order valence-corrected chi connectivity index (χ1v) is 3.33. The molecule has 1 atom stereocenters. The number of rotatable bonds is 1. The van der Waals surface area contributed by atoms with Crippen LogP contribution in [0.3, 0.4) is 0 Å². The van der Waals surface area contributed by atoms with Crippen LogP contribution in [-0.2, 0) is 4.79 Å². The average Bonchev–Trinajstić information content (AvgIpc) is 1.83. The topological polar surface area (TPSA) is 40.9 Å². The highest BCUT2D eigenvalue weighted by Gasteiger charge is 2.25. The van der Waals surface area contributed by atoms with Crippen molar-refractivity contribution >= 4 is 5.78 Å². The molecule has 0 N–H and O–H groups in total. The monoisotopic (exact) mass is 139 g/mol. The third kappa shape index (κ3) is 2.18. The van der Waals surface area contributed by atoms with Gasteiger partial charge in [0, 0.05) is 5.41 Å². The van der Waals surface area contributed by atoms with E-state index in [1.54, 1.807) is 6.92 Å². The Morgan fingerprint density at radius 1 is 1.50 bits per heavy atom. The molecule has 0 aromatic heterocycles. The average molecular weight is 139 g/mol. The van der Waals surface area contributed by atoms with Gasteiger partial charge in [0.05, 0.1) is 6.07 Å². The number of ketones is 1. The molecule has 0 fully saturated rings. The summed E-state index contributed by atoms with van der Waals surface area (Å²) in [5.41, 5.74) is -0.380. The largest absolute Gasteiger partial charge is 0.298 e. The second-order valence-electron chi connectivity index (χ2n) is 3.47. The van der Waals surface area contributed by atoms with Gasteiger partial charge in [0.15, 0.2) is 5.78 Å². The smallest absolute Gasteiger partial charge is 0.154 e. The minimum Gasteiger partial charge on any atom is -0.298 e. The molecule has 0 bridgehead atoms. The maximum atomic E-state index is 11.2. The van der Waals surface area contributed by atoms with E-state index < -0.39 is 5.92 Å². The number of Topliss-reactive ketones (excluding diaryl/α,β-unsaturated/α-hetero) is 1. The van der Waals surface area contributed by atoms with Crippen molar-refractivity contribution in [2.75, 3.05) is 0 Å². The summed E-state index contributed by atoms with van der Waals surface area (Å²) in [6, 6.07) is 1.92. The van der Waals surface area contributed by atoms with Crippen molar-refractivity contribution < 1.29 is 4.79 Å². The molecule has 0 heterocycles. The summed E-state index contributed by atoms with van der Waals surface area (Å²) in [6.07, 6.45) is 0. The zero-order valence-electron chi connectivity index (χ0n) is 6.93. The lowest BCUT2D eigenvalue weighted by molar-refractivity contribution is -0.128. The first kappa shape index (κ1) is 9.16. The van der Waals surface area contributed by atoms with Crippen LogP contribution in [0.4, 0.5) is 0 Å². The van der Waals surface area contributed by atoms with Gasteiger partial charge >= 0.3 is 0 Å². The van der Waals surface area contributed by atoms with E-state index in [-0.39, 0.29) is 11.2 Å². The van der Waals surface area contributed by atoms with Crippen LogP contribution in [0, 0.1) is 22.7 Å². The van der Waals surface area contributed by atoms with Crippen molar-refractivity contribution in [3.63, 3.8) is 0 Å². The summed E-state index contributed by atoms with van der Waals surface area (Å²) in [6.45, 7) is 7.10. The minimum atomic E-state index is -0.472. The van der Waals surface area contributed by atoms with Gasteiger partial charge in [-0.2, -0.15) is 5.26 Å². The number of nitrogens with zero attached hydrogens (tertiary/aromatic N) is 1. The van der Waals surface area contributed by atoms with Gasteiger partial charge in [-0.25, -0.2) is 0 Å². The van der Waals surface area contributed by atoms with Crippen molar-refractivity contribution in [1.29, 1.82) is 5.26 Å². The third-order valence-electron chi connectivity index (χ3n) is 1.33. The maximum absolute atomic E-state index is 11.2. The van der Waals surface area contributed by atoms with Gasteiger partial charge in [0.25, 0.3) is 0 Å². The van der Waals surface area contributed by atoms with Crippen LogP contribution in [0.5, 0.6) is 0 Å². The van der Waals surface area contributed by atoms with Crippen LogP contribution >= 0.6 is 0 Å². The van der Waals surface area contributed by atoms with E-state index >= 15 is 0 Å². The Balaban J connectivity index is 4.27. The molecule has 0 radical (unpaired) electrons. The first-order valence-electron chi connectivity index (χ1n) is 3.33. The molecule has 0 rings (SSSR count). The Hall–Kier alpha value is -0.840. The molecular formula is C8H13NO. The normalized spacial score (nSPS) is 13.9. The SMILES string of the molecule is C[C@H](C#N)C(=O)C(C)(C)C. The van der Waals surface area contributed by atoms with E-state index in [9.17, 15) is 4.79 Å². The predicted octanol–water partition coefficient (Wildman–Crippen LogP) is 1.76. The molecule has 2 heteroatoms. The molecule has 56 valence electrons. The van der Waals surface area contributed by atoms with Crippen molar-refractivity contribution in [2.24, 2.45) is 11.3 Å². The Morgan fingerprint density at radius 3 is 2.00 bits per heavy atom. The standard InChI is InChI=1S/C8H13NO/c1-6(5-9)7(10)8(2,3)4/h6H,1-4H3/t6-/m1/s1. The molecule has 0 amide bonds. The van der Waals surface area contributed by atoms with Gasteiger partial charge < -0.3 is 0 Å². The van der Waals surface area contributed by atoms with Crippen molar-refractivity contribution in [3.05, 3.63) is 0 Å². The van der Waals surface area contributed by atoms with Gasteiger partial charge in [-0.3, -0.25) is 4.79 Å². The first-order chi connectivity index (χ1) is 4.39. The summed E-state index contributed by atoms with van der Waals surface area (Å²) in [5, 5.41) is 8.40. The Bertz CT molecular complexity index is 171. The highest BCUT2D eigenvalue weighted by molar-refractivity contribution is 5.87. The van der Waals surface area contributed by atoms with E-state index in [4.69, 9.17) is 5.26 Å². The predicted molar refractivity (Wildman–Crippen MR) is 39.2 cm³/mol. The molecule has 0 saturated carbocycles. The summed E-state index contributed by atoms with van der Waals surface area (Å²) in [4.78, 5) is 11.2. The number of carbonyl (C=O) groups excluding carboxylic acids is 1. The molecule has 0 saturated heterocycles. The van der Waals surface area contributed by atoms with Gasteiger partial charge in [-0.1, -0.05) is 20.8 Å². The molecule has 0 aromatic rings. The lowest BCUT2D eigenvalue weighted by Crippen LogP contribution is -2.25. The van der Waals surface area contributed by atoms with E-state index in [1.165, 1.54) is 0 Å².